The normalized spacial score (nSPS) is 9.94. The number of rotatable bonds is 2. The van der Waals surface area contributed by atoms with E-state index in [4.69, 9.17) is 16.9 Å². The molecule has 2 aromatic heterocycles. The summed E-state index contributed by atoms with van der Waals surface area (Å²) < 4.78 is 0.650. The first-order valence-corrected chi connectivity index (χ1v) is 5.80. The third kappa shape index (κ3) is 2.46. The van der Waals surface area contributed by atoms with E-state index in [1.807, 2.05) is 12.1 Å². The van der Waals surface area contributed by atoms with Crippen LogP contribution in [0.25, 0.3) is 0 Å². The van der Waals surface area contributed by atoms with E-state index < -0.39 is 5.69 Å². The van der Waals surface area contributed by atoms with Crippen LogP contribution in [0.15, 0.2) is 23.0 Å². The van der Waals surface area contributed by atoms with Gasteiger partial charge in [-0.1, -0.05) is 11.6 Å². The number of nitriles is 1. The molecule has 2 aromatic rings. The van der Waals surface area contributed by atoms with Gasteiger partial charge in [0.25, 0.3) is 0 Å². The quantitative estimate of drug-likeness (QED) is 0.904. The zero-order valence-corrected chi connectivity index (χ0v) is 10.3. The van der Waals surface area contributed by atoms with Crippen molar-refractivity contribution in [2.45, 2.75) is 0 Å². The van der Waals surface area contributed by atoms with Gasteiger partial charge in [0.1, 0.15) is 17.6 Å². The van der Waals surface area contributed by atoms with E-state index in [1.54, 1.807) is 18.0 Å². The molecule has 0 spiro atoms. The number of anilines is 2. The highest BCUT2D eigenvalue weighted by Crippen LogP contribution is 2.31. The SMILES string of the molecule is CN(c1cc(C#N)[nH]c(=O)n1)c1ccc(Cl)s1. The monoisotopic (exact) mass is 266 g/mol. The Morgan fingerprint density at radius 1 is 1.59 bits per heavy atom. The summed E-state index contributed by atoms with van der Waals surface area (Å²) >= 11 is 7.20. The molecule has 2 rings (SSSR count). The summed E-state index contributed by atoms with van der Waals surface area (Å²) in [5, 5.41) is 9.60. The molecule has 1 N–H and O–H groups in total. The van der Waals surface area contributed by atoms with Gasteiger partial charge in [-0.05, 0) is 12.1 Å². The van der Waals surface area contributed by atoms with Crippen molar-refractivity contribution < 1.29 is 0 Å². The highest BCUT2D eigenvalue weighted by atomic mass is 35.5. The number of aromatic nitrogens is 2. The summed E-state index contributed by atoms with van der Waals surface area (Å²) in [5.41, 5.74) is -0.372. The molecule has 0 atom stereocenters. The van der Waals surface area contributed by atoms with Crippen molar-refractivity contribution >= 4 is 33.8 Å². The minimum absolute atomic E-state index is 0.175. The van der Waals surface area contributed by atoms with Gasteiger partial charge >= 0.3 is 5.69 Å². The van der Waals surface area contributed by atoms with Gasteiger partial charge in [0.2, 0.25) is 0 Å². The second kappa shape index (κ2) is 4.57. The molecule has 0 unspecified atom stereocenters. The highest BCUT2D eigenvalue weighted by Gasteiger charge is 2.10. The summed E-state index contributed by atoms with van der Waals surface area (Å²) in [5.74, 6) is 0.406. The number of H-pyrrole nitrogens is 1. The standard InChI is InChI=1S/C10H7ClN4OS/c1-15(9-3-2-7(11)17-9)8-4-6(5-12)13-10(16)14-8/h2-4H,1H3,(H,13,14,16). The van der Waals surface area contributed by atoms with Crippen LogP contribution in [0, 0.1) is 11.3 Å². The van der Waals surface area contributed by atoms with Crippen molar-refractivity contribution in [3.05, 3.63) is 38.7 Å². The van der Waals surface area contributed by atoms with Gasteiger partial charge in [0, 0.05) is 13.1 Å². The van der Waals surface area contributed by atoms with Crippen LogP contribution >= 0.6 is 22.9 Å². The Labute approximate surface area is 106 Å². The molecule has 0 fully saturated rings. The molecular weight excluding hydrogens is 260 g/mol. The van der Waals surface area contributed by atoms with Crippen LogP contribution in [0.4, 0.5) is 10.8 Å². The Morgan fingerprint density at radius 3 is 2.94 bits per heavy atom. The second-order valence-corrected chi connectivity index (χ2v) is 4.90. The van der Waals surface area contributed by atoms with Crippen molar-refractivity contribution in [3.63, 3.8) is 0 Å². The molecule has 5 nitrogen and oxygen atoms in total. The lowest BCUT2D eigenvalue weighted by Gasteiger charge is -2.15. The lowest BCUT2D eigenvalue weighted by atomic mass is 10.4. The molecule has 7 heteroatoms. The minimum atomic E-state index is -0.548. The molecule has 0 saturated heterocycles. The molecule has 0 aliphatic rings. The first-order valence-electron chi connectivity index (χ1n) is 4.60. The number of hydrogen-bond acceptors (Lipinski definition) is 5. The van der Waals surface area contributed by atoms with Crippen LogP contribution in [0.1, 0.15) is 5.69 Å². The van der Waals surface area contributed by atoms with E-state index in [-0.39, 0.29) is 5.69 Å². The van der Waals surface area contributed by atoms with Crippen LogP contribution in [0.2, 0.25) is 4.34 Å². The summed E-state index contributed by atoms with van der Waals surface area (Å²) in [7, 11) is 1.76. The topological polar surface area (TPSA) is 72.8 Å². The Kier molecular flexibility index (Phi) is 3.13. The number of nitrogens with one attached hydrogen (secondary N) is 1. The molecule has 2 heterocycles. The first kappa shape index (κ1) is 11.6. The molecule has 0 aliphatic heterocycles. The average molecular weight is 267 g/mol. The number of aromatic amines is 1. The molecule has 0 bridgehead atoms. The van der Waals surface area contributed by atoms with E-state index in [1.165, 1.54) is 17.4 Å². The Morgan fingerprint density at radius 2 is 2.35 bits per heavy atom. The smallest absolute Gasteiger partial charge is 0.321 e. The molecule has 0 radical (unpaired) electrons. The van der Waals surface area contributed by atoms with E-state index in [2.05, 4.69) is 9.97 Å². The lowest BCUT2D eigenvalue weighted by molar-refractivity contribution is 1.02. The van der Waals surface area contributed by atoms with Gasteiger partial charge in [-0.2, -0.15) is 10.2 Å². The van der Waals surface area contributed by atoms with Gasteiger partial charge in [0.15, 0.2) is 0 Å². The van der Waals surface area contributed by atoms with Crippen LogP contribution in [-0.4, -0.2) is 17.0 Å². The van der Waals surface area contributed by atoms with Crippen molar-refractivity contribution in [3.8, 4) is 6.07 Å². The molecule has 17 heavy (non-hydrogen) atoms. The summed E-state index contributed by atoms with van der Waals surface area (Å²) in [6.07, 6.45) is 0. The van der Waals surface area contributed by atoms with Crippen LogP contribution in [0.3, 0.4) is 0 Å². The van der Waals surface area contributed by atoms with Crippen molar-refractivity contribution in [1.29, 1.82) is 5.26 Å². The van der Waals surface area contributed by atoms with Gasteiger partial charge in [-0.15, -0.1) is 11.3 Å². The molecule has 86 valence electrons. The zero-order valence-electron chi connectivity index (χ0n) is 8.77. The molecule has 0 aliphatic carbocycles. The maximum atomic E-state index is 11.2. The first-order chi connectivity index (χ1) is 8.10. The maximum absolute atomic E-state index is 11.2. The van der Waals surface area contributed by atoms with Crippen LogP contribution in [-0.2, 0) is 0 Å². The van der Waals surface area contributed by atoms with Gasteiger partial charge in [-0.25, -0.2) is 4.79 Å². The Bertz CT molecular complexity index is 642. The second-order valence-electron chi connectivity index (χ2n) is 3.21. The Balaban J connectivity index is 2.44. The van der Waals surface area contributed by atoms with Crippen LogP contribution in [0.5, 0.6) is 0 Å². The zero-order chi connectivity index (χ0) is 12.4. The molecule has 0 saturated carbocycles. The molecule has 0 aromatic carbocycles. The predicted octanol–water partition coefficient (Wildman–Crippen LogP) is 2.12. The number of nitrogens with zero attached hydrogens (tertiary/aromatic N) is 3. The summed E-state index contributed by atoms with van der Waals surface area (Å²) in [6, 6.07) is 6.97. The van der Waals surface area contributed by atoms with Crippen molar-refractivity contribution in [2.24, 2.45) is 0 Å². The van der Waals surface area contributed by atoms with E-state index in [9.17, 15) is 4.79 Å². The van der Waals surface area contributed by atoms with Crippen LogP contribution < -0.4 is 10.6 Å². The summed E-state index contributed by atoms with van der Waals surface area (Å²) in [4.78, 5) is 19.1. The third-order valence-corrected chi connectivity index (χ3v) is 3.39. The predicted molar refractivity (Wildman–Crippen MR) is 67.0 cm³/mol. The fourth-order valence-electron chi connectivity index (χ4n) is 1.27. The molecule has 0 amide bonds. The number of thiophene rings is 1. The van der Waals surface area contributed by atoms with E-state index in [0.717, 1.165) is 5.00 Å². The molecular formula is C10H7ClN4OS. The van der Waals surface area contributed by atoms with E-state index in [0.29, 0.717) is 10.2 Å². The number of hydrogen-bond donors (Lipinski definition) is 1. The number of halogens is 1. The summed E-state index contributed by atoms with van der Waals surface area (Å²) in [6.45, 7) is 0. The minimum Gasteiger partial charge on any atom is -0.321 e. The van der Waals surface area contributed by atoms with Crippen molar-refractivity contribution in [2.75, 3.05) is 11.9 Å². The Hall–Kier alpha value is -1.84. The third-order valence-electron chi connectivity index (χ3n) is 2.08. The van der Waals surface area contributed by atoms with Gasteiger partial charge in [-0.3, -0.25) is 4.98 Å². The van der Waals surface area contributed by atoms with Gasteiger partial charge < -0.3 is 4.90 Å². The average Bonchev–Trinajstić information content (AvgIpc) is 2.74. The van der Waals surface area contributed by atoms with Gasteiger partial charge in [0.05, 0.1) is 9.34 Å². The fourth-order valence-corrected chi connectivity index (χ4v) is 2.28. The van der Waals surface area contributed by atoms with Crippen molar-refractivity contribution in [1.82, 2.24) is 9.97 Å². The fraction of sp³-hybridized carbons (Fsp3) is 0.100. The van der Waals surface area contributed by atoms with E-state index >= 15 is 0 Å². The highest BCUT2D eigenvalue weighted by molar-refractivity contribution is 7.20. The lowest BCUT2D eigenvalue weighted by Crippen LogP contribution is -2.18. The maximum Gasteiger partial charge on any atom is 0.347 e. The largest absolute Gasteiger partial charge is 0.347 e.